The van der Waals surface area contributed by atoms with Crippen LogP contribution in [0.15, 0.2) is 0 Å². The Morgan fingerprint density at radius 1 is 0.762 bits per heavy atom. The molecule has 0 aromatic carbocycles. The number of rotatable bonds is 12. The van der Waals surface area contributed by atoms with Crippen LogP contribution in [-0.2, 0) is 18.9 Å². The monoisotopic (exact) mass is 305 g/mol. The Balaban J connectivity index is 3.38. The third-order valence-corrected chi connectivity index (χ3v) is 2.54. The van der Waals surface area contributed by atoms with Gasteiger partial charge < -0.3 is 18.9 Å². The third kappa shape index (κ3) is 14.9. The summed E-state index contributed by atoms with van der Waals surface area (Å²) >= 11 is 0. The highest BCUT2D eigenvalue weighted by Gasteiger charge is 2.09. The van der Waals surface area contributed by atoms with Crippen LogP contribution in [-0.4, -0.2) is 39.0 Å². The molecule has 0 bridgehead atoms. The third-order valence-electron chi connectivity index (χ3n) is 2.54. The summed E-state index contributed by atoms with van der Waals surface area (Å²) < 4.78 is 19.4. The van der Waals surface area contributed by atoms with Crippen molar-refractivity contribution in [2.45, 2.75) is 52.4 Å². The summed E-state index contributed by atoms with van der Waals surface area (Å²) in [6, 6.07) is 0. The first-order valence-electron chi connectivity index (χ1n) is 7.46. The minimum atomic E-state index is -0.901. The summed E-state index contributed by atoms with van der Waals surface area (Å²) in [4.78, 5) is 22.3. The van der Waals surface area contributed by atoms with Gasteiger partial charge >= 0.3 is 12.2 Å². The highest BCUT2D eigenvalue weighted by atomic mass is 16.7. The summed E-state index contributed by atoms with van der Waals surface area (Å²) in [6.45, 7) is 4.85. The normalized spacial score (nSPS) is 10.2. The van der Waals surface area contributed by atoms with E-state index in [1.807, 2.05) is 5.32 Å². The molecule has 2 amide bonds. The minimum Gasteiger partial charge on any atom is -0.422 e. The Hall–Kier alpha value is -1.34. The smallest absolute Gasteiger partial charge is 0.418 e. The van der Waals surface area contributed by atoms with Crippen molar-refractivity contribution in [1.82, 2.24) is 5.32 Å². The van der Waals surface area contributed by atoms with E-state index in [2.05, 4.69) is 23.3 Å². The van der Waals surface area contributed by atoms with E-state index in [0.717, 1.165) is 38.5 Å². The molecule has 0 aliphatic rings. The molecule has 0 aromatic heterocycles. The molecular formula is C14H27NO6. The van der Waals surface area contributed by atoms with E-state index in [-0.39, 0.29) is 13.6 Å². The molecule has 0 aromatic rings. The molecule has 124 valence electrons. The van der Waals surface area contributed by atoms with Gasteiger partial charge in [0.25, 0.3) is 0 Å². The van der Waals surface area contributed by atoms with Crippen molar-refractivity contribution in [3.05, 3.63) is 0 Å². The lowest BCUT2D eigenvalue weighted by molar-refractivity contribution is -0.0252. The van der Waals surface area contributed by atoms with Gasteiger partial charge in [-0.15, -0.1) is 0 Å². The van der Waals surface area contributed by atoms with Crippen LogP contribution < -0.4 is 5.32 Å². The van der Waals surface area contributed by atoms with Crippen LogP contribution in [0.3, 0.4) is 0 Å². The van der Waals surface area contributed by atoms with Crippen molar-refractivity contribution in [2.24, 2.45) is 0 Å². The van der Waals surface area contributed by atoms with Crippen molar-refractivity contribution < 1.29 is 28.5 Å². The van der Waals surface area contributed by atoms with E-state index < -0.39 is 12.2 Å². The first kappa shape index (κ1) is 19.7. The van der Waals surface area contributed by atoms with Gasteiger partial charge in [0.2, 0.25) is 0 Å². The number of hydrogen-bond acceptors (Lipinski definition) is 6. The lowest BCUT2D eigenvalue weighted by atomic mass is 10.3. The summed E-state index contributed by atoms with van der Waals surface area (Å²) in [5, 5.41) is 1.90. The van der Waals surface area contributed by atoms with E-state index in [1.165, 1.54) is 0 Å². The highest BCUT2D eigenvalue weighted by Crippen LogP contribution is 1.95. The van der Waals surface area contributed by atoms with Gasteiger partial charge in [0.05, 0.1) is 13.2 Å². The van der Waals surface area contributed by atoms with E-state index in [1.54, 1.807) is 0 Å². The fourth-order valence-corrected chi connectivity index (χ4v) is 1.37. The summed E-state index contributed by atoms with van der Waals surface area (Å²) in [5.74, 6) is 0. The Bertz CT molecular complexity index is 246. The van der Waals surface area contributed by atoms with Crippen molar-refractivity contribution in [2.75, 3.05) is 26.8 Å². The molecule has 0 aliphatic carbocycles. The molecule has 0 aliphatic heterocycles. The molecule has 0 atom stereocenters. The summed E-state index contributed by atoms with van der Waals surface area (Å²) in [5.41, 5.74) is 0. The first-order valence-corrected chi connectivity index (χ1v) is 7.46. The number of alkyl carbamates (subject to hydrolysis) is 2. The maximum absolute atomic E-state index is 11.2. The van der Waals surface area contributed by atoms with E-state index in [0.29, 0.717) is 13.2 Å². The second-order valence-corrected chi connectivity index (χ2v) is 4.46. The van der Waals surface area contributed by atoms with Crippen LogP contribution >= 0.6 is 0 Å². The van der Waals surface area contributed by atoms with Crippen LogP contribution in [0.4, 0.5) is 9.59 Å². The Morgan fingerprint density at radius 2 is 1.19 bits per heavy atom. The van der Waals surface area contributed by atoms with Crippen LogP contribution in [0, 0.1) is 0 Å². The van der Waals surface area contributed by atoms with Crippen molar-refractivity contribution in [1.29, 1.82) is 0 Å². The van der Waals surface area contributed by atoms with Gasteiger partial charge in [-0.25, -0.2) is 14.9 Å². The van der Waals surface area contributed by atoms with E-state index >= 15 is 0 Å². The molecule has 0 heterocycles. The maximum Gasteiger partial charge on any atom is 0.418 e. The van der Waals surface area contributed by atoms with Crippen molar-refractivity contribution >= 4 is 12.2 Å². The molecule has 0 unspecified atom stereocenters. The van der Waals surface area contributed by atoms with Gasteiger partial charge in [0.1, 0.15) is 0 Å². The lowest BCUT2D eigenvalue weighted by Crippen LogP contribution is -2.32. The topological polar surface area (TPSA) is 83.1 Å². The van der Waals surface area contributed by atoms with Gasteiger partial charge in [-0.05, 0) is 12.8 Å². The zero-order valence-electron chi connectivity index (χ0n) is 13.0. The zero-order valence-corrected chi connectivity index (χ0v) is 13.0. The van der Waals surface area contributed by atoms with Crippen LogP contribution in [0.25, 0.3) is 0 Å². The molecule has 0 saturated carbocycles. The molecular weight excluding hydrogens is 278 g/mol. The molecule has 0 rings (SSSR count). The molecule has 0 saturated heterocycles. The second kappa shape index (κ2) is 15.1. The molecule has 21 heavy (non-hydrogen) atoms. The maximum atomic E-state index is 11.2. The molecule has 1 N–H and O–H groups in total. The quantitative estimate of drug-likeness (QED) is 0.440. The minimum absolute atomic E-state index is 0.184. The largest absolute Gasteiger partial charge is 0.422 e. The number of ether oxygens (including phenoxy) is 4. The number of amides is 2. The number of imide groups is 1. The molecule has 0 spiro atoms. The van der Waals surface area contributed by atoms with Gasteiger partial charge in [0, 0.05) is 0 Å². The molecule has 0 fully saturated rings. The zero-order chi connectivity index (χ0) is 15.8. The standard InChI is InChI=1S/C14H27NO6/c1-3-5-7-9-18-11-20-13(16)15-14(17)21-12-19-10-8-6-4-2/h3-12H2,1-2H3,(H,15,16,17). The second-order valence-electron chi connectivity index (χ2n) is 4.46. The van der Waals surface area contributed by atoms with Gasteiger partial charge in [-0.1, -0.05) is 39.5 Å². The average molecular weight is 305 g/mol. The lowest BCUT2D eigenvalue weighted by Gasteiger charge is -2.08. The predicted octanol–water partition coefficient (Wildman–Crippen LogP) is 3.18. The summed E-state index contributed by atoms with van der Waals surface area (Å²) in [6.07, 6.45) is 4.35. The Kier molecular flexibility index (Phi) is 14.1. The van der Waals surface area contributed by atoms with E-state index in [4.69, 9.17) is 9.47 Å². The van der Waals surface area contributed by atoms with Crippen LogP contribution in [0.1, 0.15) is 52.4 Å². The Morgan fingerprint density at radius 3 is 1.57 bits per heavy atom. The molecule has 0 radical (unpaired) electrons. The first-order chi connectivity index (χ1) is 10.2. The number of hydrogen-bond donors (Lipinski definition) is 1. The van der Waals surface area contributed by atoms with Crippen LogP contribution in [0.5, 0.6) is 0 Å². The Labute approximate surface area is 126 Å². The number of unbranched alkanes of at least 4 members (excludes halogenated alkanes) is 4. The predicted molar refractivity (Wildman–Crippen MR) is 76.8 cm³/mol. The highest BCUT2D eigenvalue weighted by molar-refractivity contribution is 5.87. The van der Waals surface area contributed by atoms with Gasteiger partial charge in [-0.3, -0.25) is 0 Å². The van der Waals surface area contributed by atoms with E-state index in [9.17, 15) is 9.59 Å². The SMILES string of the molecule is CCCCCOCOC(=O)NC(=O)OCOCCCCC. The summed E-state index contributed by atoms with van der Waals surface area (Å²) in [7, 11) is 0. The van der Waals surface area contributed by atoms with Gasteiger partial charge in [-0.2, -0.15) is 0 Å². The number of nitrogens with one attached hydrogen (secondary N) is 1. The number of carbonyl (C=O) groups is 2. The molecule has 7 heteroatoms. The van der Waals surface area contributed by atoms with Crippen molar-refractivity contribution in [3.63, 3.8) is 0 Å². The fraction of sp³-hybridized carbons (Fsp3) is 0.857. The van der Waals surface area contributed by atoms with Crippen LogP contribution in [0.2, 0.25) is 0 Å². The van der Waals surface area contributed by atoms with Gasteiger partial charge in [0.15, 0.2) is 13.6 Å². The average Bonchev–Trinajstić information content (AvgIpc) is 2.46. The van der Waals surface area contributed by atoms with Crippen molar-refractivity contribution in [3.8, 4) is 0 Å². The fourth-order valence-electron chi connectivity index (χ4n) is 1.37. The molecule has 7 nitrogen and oxygen atoms in total. The number of carbonyl (C=O) groups excluding carboxylic acids is 2.